The molecule has 2 bridgehead atoms. The van der Waals surface area contributed by atoms with Crippen molar-refractivity contribution in [1.82, 2.24) is 20.2 Å². The molecule has 4 aliphatic rings. The molecule has 1 aromatic heterocycles. The summed E-state index contributed by atoms with van der Waals surface area (Å²) in [6.45, 7) is 3.94. The van der Waals surface area contributed by atoms with Crippen LogP contribution in [-0.2, 0) is 5.41 Å². The number of hydrogen-bond donors (Lipinski definition) is 5. The van der Waals surface area contributed by atoms with E-state index < -0.39 is 0 Å². The normalized spacial score (nSPS) is 29.8. The number of nitrogens with zero attached hydrogens (tertiary/aromatic N) is 3. The van der Waals surface area contributed by atoms with Crippen molar-refractivity contribution in [3.05, 3.63) is 71.2 Å². The summed E-state index contributed by atoms with van der Waals surface area (Å²) in [5.74, 6) is 3.82. The molecule has 2 saturated heterocycles. The number of aromatic nitrogens is 2. The molecule has 37 heavy (non-hydrogen) atoms. The van der Waals surface area contributed by atoms with E-state index in [-0.39, 0.29) is 17.0 Å². The number of nitrogens with one attached hydrogen (secondary N) is 1. The molecule has 2 saturated carbocycles. The zero-order chi connectivity index (χ0) is 25.6. The molecule has 8 heteroatoms. The fourth-order valence-electron chi connectivity index (χ4n) is 7.62. The maximum Gasteiger partial charge on any atom is 0.134 e. The van der Waals surface area contributed by atoms with Gasteiger partial charge in [0.2, 0.25) is 0 Å². The van der Waals surface area contributed by atoms with Gasteiger partial charge in [-0.3, -0.25) is 0 Å². The van der Waals surface area contributed by atoms with Crippen molar-refractivity contribution in [3.63, 3.8) is 0 Å². The summed E-state index contributed by atoms with van der Waals surface area (Å²) in [4.78, 5) is 12.3. The minimum absolute atomic E-state index is 0.112. The maximum absolute atomic E-state index is 10.3. The highest BCUT2D eigenvalue weighted by molar-refractivity contribution is 5.69. The summed E-state index contributed by atoms with van der Waals surface area (Å²) in [7, 11) is 0. The molecule has 2 aliphatic heterocycles. The SMILES string of the molecule is NC(N)=C(/C=C(\N)c1ccccc1O)N1CCC2CC3C(C1)CC3(c1ncc(C3CCNCC3)cn1)C2. The Kier molecular flexibility index (Phi) is 6.23. The van der Waals surface area contributed by atoms with Crippen LogP contribution in [0.15, 0.2) is 54.3 Å². The van der Waals surface area contributed by atoms with Gasteiger partial charge in [0.1, 0.15) is 17.4 Å². The zero-order valence-corrected chi connectivity index (χ0v) is 21.4. The molecule has 4 atom stereocenters. The highest BCUT2D eigenvalue weighted by atomic mass is 16.3. The van der Waals surface area contributed by atoms with Gasteiger partial charge in [-0.2, -0.15) is 0 Å². The first-order valence-corrected chi connectivity index (χ1v) is 13.7. The molecule has 2 aliphatic carbocycles. The van der Waals surface area contributed by atoms with E-state index in [1.54, 1.807) is 18.2 Å². The number of rotatable bonds is 5. The Morgan fingerprint density at radius 3 is 2.54 bits per heavy atom. The molecule has 2 aromatic rings. The van der Waals surface area contributed by atoms with E-state index in [4.69, 9.17) is 27.2 Å². The number of aromatic hydroxyl groups is 1. The second-order valence-electron chi connectivity index (χ2n) is 11.6. The summed E-state index contributed by atoms with van der Waals surface area (Å²) in [6, 6.07) is 7.07. The van der Waals surface area contributed by atoms with Crippen LogP contribution >= 0.6 is 0 Å². The van der Waals surface area contributed by atoms with E-state index >= 15 is 0 Å². The molecule has 0 radical (unpaired) electrons. The molecular weight excluding hydrogens is 462 g/mol. The van der Waals surface area contributed by atoms with Crippen LogP contribution in [0.5, 0.6) is 5.75 Å². The summed E-state index contributed by atoms with van der Waals surface area (Å²) in [5.41, 5.74) is 22.0. The molecule has 0 spiro atoms. The fourth-order valence-corrected chi connectivity index (χ4v) is 7.62. The summed E-state index contributed by atoms with van der Waals surface area (Å²) < 4.78 is 0. The second-order valence-corrected chi connectivity index (χ2v) is 11.6. The van der Waals surface area contributed by atoms with Gasteiger partial charge in [0.25, 0.3) is 0 Å². The van der Waals surface area contributed by atoms with Crippen molar-refractivity contribution < 1.29 is 5.11 Å². The van der Waals surface area contributed by atoms with Crippen molar-refractivity contribution >= 4 is 5.70 Å². The Morgan fingerprint density at radius 1 is 1.05 bits per heavy atom. The number of nitrogens with two attached hydrogens (primary N) is 3. The van der Waals surface area contributed by atoms with Crippen molar-refractivity contribution in [2.24, 2.45) is 35.0 Å². The van der Waals surface area contributed by atoms with Crippen LogP contribution in [-0.4, -0.2) is 46.2 Å². The van der Waals surface area contributed by atoms with E-state index in [0.29, 0.717) is 34.9 Å². The molecule has 8 nitrogen and oxygen atoms in total. The Hall–Kier alpha value is -3.26. The third-order valence-corrected chi connectivity index (χ3v) is 9.48. The van der Waals surface area contributed by atoms with E-state index in [0.717, 1.165) is 50.5 Å². The Bertz CT molecular complexity index is 1200. The summed E-state index contributed by atoms with van der Waals surface area (Å²) in [6.07, 6.45) is 13.0. The first-order valence-electron chi connectivity index (χ1n) is 13.7. The van der Waals surface area contributed by atoms with E-state index in [1.165, 1.54) is 31.2 Å². The van der Waals surface area contributed by atoms with Crippen LogP contribution in [0.25, 0.3) is 5.70 Å². The number of hydrogen-bond acceptors (Lipinski definition) is 8. The monoisotopic (exact) mass is 501 g/mol. The number of allylic oxidation sites excluding steroid dienone is 1. The van der Waals surface area contributed by atoms with Gasteiger partial charge >= 0.3 is 0 Å². The van der Waals surface area contributed by atoms with Crippen LogP contribution < -0.4 is 22.5 Å². The van der Waals surface area contributed by atoms with Gasteiger partial charge in [0.15, 0.2) is 0 Å². The highest BCUT2D eigenvalue weighted by Gasteiger charge is 2.62. The second kappa shape index (κ2) is 9.56. The lowest BCUT2D eigenvalue weighted by molar-refractivity contribution is 0.0298. The van der Waals surface area contributed by atoms with Gasteiger partial charge in [0.05, 0.1) is 5.70 Å². The van der Waals surface area contributed by atoms with Crippen LogP contribution in [0.1, 0.15) is 61.4 Å². The molecule has 196 valence electrons. The number of fused-ring (bicyclic) bond motifs is 1. The highest BCUT2D eigenvalue weighted by Crippen LogP contribution is 2.64. The number of phenolic OH excluding ortho intramolecular Hbond substituents is 1. The predicted octanol–water partition coefficient (Wildman–Crippen LogP) is 2.73. The third kappa shape index (κ3) is 4.31. The predicted molar refractivity (Wildman–Crippen MR) is 145 cm³/mol. The lowest BCUT2D eigenvalue weighted by atomic mass is 9.54. The van der Waals surface area contributed by atoms with Crippen LogP contribution in [0.4, 0.5) is 0 Å². The first kappa shape index (κ1) is 24.1. The number of benzene rings is 1. The molecule has 0 amide bonds. The quantitative estimate of drug-likeness (QED) is 0.394. The van der Waals surface area contributed by atoms with Crippen LogP contribution in [0, 0.1) is 17.8 Å². The van der Waals surface area contributed by atoms with E-state index in [2.05, 4.69) is 22.6 Å². The van der Waals surface area contributed by atoms with Crippen molar-refractivity contribution in [2.45, 2.75) is 49.9 Å². The molecule has 1 aromatic carbocycles. The average Bonchev–Trinajstić information content (AvgIpc) is 3.26. The molecule has 8 N–H and O–H groups in total. The largest absolute Gasteiger partial charge is 0.507 e. The number of likely N-dealkylation sites (tertiary alicyclic amines) is 1. The maximum atomic E-state index is 10.3. The lowest BCUT2D eigenvalue weighted by Gasteiger charge is -2.52. The van der Waals surface area contributed by atoms with Crippen molar-refractivity contribution in [2.75, 3.05) is 26.2 Å². The Morgan fingerprint density at radius 2 is 1.81 bits per heavy atom. The zero-order valence-electron chi connectivity index (χ0n) is 21.4. The average molecular weight is 502 g/mol. The van der Waals surface area contributed by atoms with E-state index in [1.807, 2.05) is 12.1 Å². The Labute approximate surface area is 219 Å². The molecule has 4 fully saturated rings. The molecule has 4 unspecified atom stereocenters. The van der Waals surface area contributed by atoms with Gasteiger partial charge in [-0.25, -0.2) is 9.97 Å². The lowest BCUT2D eigenvalue weighted by Crippen LogP contribution is -2.52. The summed E-state index contributed by atoms with van der Waals surface area (Å²) in [5, 5.41) is 13.7. The fraction of sp³-hybridized carbons (Fsp3) is 0.517. The molecular formula is C29H39N7O. The number of para-hydroxylation sites is 1. The van der Waals surface area contributed by atoms with Gasteiger partial charge in [-0.05, 0) is 99.1 Å². The minimum atomic E-state index is 0.112. The molecule has 3 heterocycles. The van der Waals surface area contributed by atoms with Crippen molar-refractivity contribution in [1.29, 1.82) is 0 Å². The smallest absolute Gasteiger partial charge is 0.134 e. The van der Waals surface area contributed by atoms with Gasteiger partial charge in [0, 0.05) is 42.2 Å². The third-order valence-electron chi connectivity index (χ3n) is 9.48. The number of phenols is 1. The van der Waals surface area contributed by atoms with Gasteiger partial charge < -0.3 is 32.5 Å². The minimum Gasteiger partial charge on any atom is -0.507 e. The standard InChI is InChI=1S/C29H39N7O/c30-24(22-3-1-2-4-26(22)37)12-25(27(31)32)36-10-7-18-11-23-20(17-36)14-29(23,13-18)28-34-15-21(16-35-28)19-5-8-33-9-6-19/h1-4,12,15-16,18-20,23,33,37H,5-11,13-14,17,30-32H2/b24-12-. The summed E-state index contributed by atoms with van der Waals surface area (Å²) >= 11 is 0. The molecule has 6 rings (SSSR count). The van der Waals surface area contributed by atoms with E-state index in [9.17, 15) is 5.11 Å². The van der Waals surface area contributed by atoms with Crippen LogP contribution in [0.3, 0.4) is 0 Å². The number of piperidine rings is 1. The topological polar surface area (TPSA) is 139 Å². The van der Waals surface area contributed by atoms with Gasteiger partial charge in [-0.15, -0.1) is 0 Å². The van der Waals surface area contributed by atoms with Crippen LogP contribution in [0.2, 0.25) is 0 Å². The van der Waals surface area contributed by atoms with Gasteiger partial charge in [-0.1, -0.05) is 12.1 Å². The Balaban J connectivity index is 1.21. The van der Waals surface area contributed by atoms with Crippen molar-refractivity contribution in [3.8, 4) is 5.75 Å². The first-order chi connectivity index (χ1) is 17.9.